The standard InChI is InChI=1S/C20H17ClF3NO3/c1-28-19(27)12-17(14-5-3-2-4-6-14)25-18(26)10-8-13-7-9-16(21)15(11-13)20(22,23)24/h2-11,17H,12H2,1H3,(H,25,26)/b10-8+/t17-/m0/s1. The summed E-state index contributed by atoms with van der Waals surface area (Å²) in [5, 5.41) is 2.23. The van der Waals surface area contributed by atoms with Gasteiger partial charge in [-0.2, -0.15) is 13.2 Å². The number of ether oxygens (including phenoxy) is 1. The molecule has 0 aliphatic rings. The molecule has 1 atom stereocenters. The molecule has 0 saturated carbocycles. The van der Waals surface area contributed by atoms with Gasteiger partial charge in [-0.3, -0.25) is 9.59 Å². The summed E-state index contributed by atoms with van der Waals surface area (Å²) in [5.41, 5.74) is -0.124. The molecule has 0 heterocycles. The molecule has 1 amide bonds. The van der Waals surface area contributed by atoms with Gasteiger partial charge in [0.2, 0.25) is 5.91 Å². The maximum atomic E-state index is 12.9. The Morgan fingerprint density at radius 3 is 2.46 bits per heavy atom. The van der Waals surface area contributed by atoms with E-state index in [-0.39, 0.29) is 12.0 Å². The van der Waals surface area contributed by atoms with Crippen molar-refractivity contribution in [2.24, 2.45) is 0 Å². The van der Waals surface area contributed by atoms with Crippen molar-refractivity contribution in [3.63, 3.8) is 0 Å². The molecule has 0 unspecified atom stereocenters. The number of carbonyl (C=O) groups excluding carboxylic acids is 2. The first-order chi connectivity index (χ1) is 13.2. The van der Waals surface area contributed by atoms with Crippen molar-refractivity contribution < 1.29 is 27.5 Å². The minimum absolute atomic E-state index is 0.0841. The maximum Gasteiger partial charge on any atom is 0.417 e. The number of benzene rings is 2. The van der Waals surface area contributed by atoms with Gasteiger partial charge in [-0.05, 0) is 29.3 Å². The molecule has 1 N–H and O–H groups in total. The molecular formula is C20H17ClF3NO3. The van der Waals surface area contributed by atoms with Crippen LogP contribution in [0.1, 0.15) is 29.2 Å². The fourth-order valence-corrected chi connectivity index (χ4v) is 2.67. The van der Waals surface area contributed by atoms with Crippen LogP contribution in [0.4, 0.5) is 13.2 Å². The highest BCUT2D eigenvalue weighted by atomic mass is 35.5. The van der Waals surface area contributed by atoms with E-state index in [0.717, 1.165) is 18.2 Å². The molecule has 0 saturated heterocycles. The van der Waals surface area contributed by atoms with Crippen LogP contribution in [0.25, 0.3) is 6.08 Å². The Balaban J connectivity index is 2.15. The number of halogens is 4. The average molecular weight is 412 g/mol. The second kappa shape index (κ2) is 9.41. The number of carbonyl (C=O) groups is 2. The number of rotatable bonds is 6. The number of hydrogen-bond acceptors (Lipinski definition) is 3. The topological polar surface area (TPSA) is 55.4 Å². The summed E-state index contributed by atoms with van der Waals surface area (Å²) in [6, 6.07) is 11.5. The quantitative estimate of drug-likeness (QED) is 0.549. The summed E-state index contributed by atoms with van der Waals surface area (Å²) in [4.78, 5) is 23.8. The molecule has 148 valence electrons. The number of methoxy groups -OCH3 is 1. The van der Waals surface area contributed by atoms with Crippen LogP contribution >= 0.6 is 11.6 Å². The van der Waals surface area contributed by atoms with Crippen molar-refractivity contribution >= 4 is 29.6 Å². The zero-order chi connectivity index (χ0) is 20.7. The van der Waals surface area contributed by atoms with E-state index in [0.29, 0.717) is 5.56 Å². The summed E-state index contributed by atoms with van der Waals surface area (Å²) < 4.78 is 43.4. The first kappa shape index (κ1) is 21.5. The van der Waals surface area contributed by atoms with E-state index in [1.165, 1.54) is 19.3 Å². The van der Waals surface area contributed by atoms with Crippen LogP contribution in [-0.2, 0) is 20.5 Å². The van der Waals surface area contributed by atoms with Crippen molar-refractivity contribution in [2.45, 2.75) is 18.6 Å². The van der Waals surface area contributed by atoms with Gasteiger partial charge >= 0.3 is 12.1 Å². The fraction of sp³-hybridized carbons (Fsp3) is 0.200. The molecule has 0 spiro atoms. The minimum Gasteiger partial charge on any atom is -0.469 e. The normalized spacial score (nSPS) is 12.6. The van der Waals surface area contributed by atoms with Gasteiger partial charge in [-0.25, -0.2) is 0 Å². The second-order valence-corrected chi connectivity index (χ2v) is 6.23. The van der Waals surface area contributed by atoms with Crippen LogP contribution in [0, 0.1) is 0 Å². The minimum atomic E-state index is -4.60. The summed E-state index contributed by atoms with van der Waals surface area (Å²) in [7, 11) is 1.24. The molecule has 0 bridgehead atoms. The van der Waals surface area contributed by atoms with Crippen LogP contribution in [0.15, 0.2) is 54.6 Å². The van der Waals surface area contributed by atoms with E-state index in [1.54, 1.807) is 30.3 Å². The SMILES string of the molecule is COC(=O)C[C@H](NC(=O)/C=C/c1ccc(Cl)c(C(F)(F)F)c1)c1ccccc1. The van der Waals surface area contributed by atoms with Crippen LogP contribution in [0.3, 0.4) is 0 Å². The molecule has 0 aromatic heterocycles. The van der Waals surface area contributed by atoms with Crippen molar-refractivity contribution in [2.75, 3.05) is 7.11 Å². The van der Waals surface area contributed by atoms with Gasteiger partial charge in [0.05, 0.1) is 30.2 Å². The van der Waals surface area contributed by atoms with Crippen LogP contribution in [0.5, 0.6) is 0 Å². The number of esters is 1. The highest BCUT2D eigenvalue weighted by Crippen LogP contribution is 2.35. The Bertz CT molecular complexity index is 867. The Kier molecular flexibility index (Phi) is 7.23. The zero-order valence-corrected chi connectivity index (χ0v) is 15.6. The van der Waals surface area contributed by atoms with Crippen molar-refractivity contribution in [3.8, 4) is 0 Å². The third-order valence-electron chi connectivity index (χ3n) is 3.84. The highest BCUT2D eigenvalue weighted by Gasteiger charge is 2.33. The third-order valence-corrected chi connectivity index (χ3v) is 4.17. The number of nitrogens with one attached hydrogen (secondary N) is 1. The molecule has 0 radical (unpaired) electrons. The largest absolute Gasteiger partial charge is 0.469 e. The van der Waals surface area contributed by atoms with E-state index in [2.05, 4.69) is 10.1 Å². The van der Waals surface area contributed by atoms with E-state index < -0.39 is 34.7 Å². The maximum absolute atomic E-state index is 12.9. The molecule has 0 fully saturated rings. The summed E-state index contributed by atoms with van der Waals surface area (Å²) >= 11 is 5.58. The smallest absolute Gasteiger partial charge is 0.417 e. The van der Waals surface area contributed by atoms with Crippen molar-refractivity contribution in [1.82, 2.24) is 5.32 Å². The number of alkyl halides is 3. The van der Waals surface area contributed by atoms with Crippen LogP contribution < -0.4 is 5.32 Å². The molecule has 4 nitrogen and oxygen atoms in total. The predicted octanol–water partition coefficient (Wildman–Crippen LogP) is 4.79. The average Bonchev–Trinajstić information content (AvgIpc) is 2.66. The van der Waals surface area contributed by atoms with Gasteiger partial charge < -0.3 is 10.1 Å². The molecule has 28 heavy (non-hydrogen) atoms. The van der Waals surface area contributed by atoms with Gasteiger partial charge in [0.25, 0.3) is 0 Å². The molecular weight excluding hydrogens is 395 g/mol. The predicted molar refractivity (Wildman–Crippen MR) is 99.4 cm³/mol. The lowest BCUT2D eigenvalue weighted by Crippen LogP contribution is -2.29. The van der Waals surface area contributed by atoms with Gasteiger partial charge in [0.15, 0.2) is 0 Å². The lowest BCUT2D eigenvalue weighted by Gasteiger charge is -2.17. The Hall–Kier alpha value is -2.80. The molecule has 0 aliphatic heterocycles. The van der Waals surface area contributed by atoms with Crippen molar-refractivity contribution in [3.05, 3.63) is 76.3 Å². The summed E-state index contributed by atoms with van der Waals surface area (Å²) in [6.07, 6.45) is -2.35. The molecule has 2 aromatic carbocycles. The van der Waals surface area contributed by atoms with E-state index >= 15 is 0 Å². The first-order valence-electron chi connectivity index (χ1n) is 8.18. The second-order valence-electron chi connectivity index (χ2n) is 5.82. The number of hydrogen-bond donors (Lipinski definition) is 1. The first-order valence-corrected chi connectivity index (χ1v) is 8.55. The monoisotopic (exact) mass is 411 g/mol. The zero-order valence-electron chi connectivity index (χ0n) is 14.8. The molecule has 2 aromatic rings. The highest BCUT2D eigenvalue weighted by molar-refractivity contribution is 6.31. The third kappa shape index (κ3) is 6.13. The molecule has 0 aliphatic carbocycles. The summed E-state index contributed by atoms with van der Waals surface area (Å²) in [6.45, 7) is 0. The van der Waals surface area contributed by atoms with E-state index in [9.17, 15) is 22.8 Å². The fourth-order valence-electron chi connectivity index (χ4n) is 2.44. The number of amides is 1. The lowest BCUT2D eigenvalue weighted by atomic mass is 10.0. The van der Waals surface area contributed by atoms with Crippen molar-refractivity contribution in [1.29, 1.82) is 0 Å². The molecule has 8 heteroatoms. The Morgan fingerprint density at radius 1 is 1.18 bits per heavy atom. The van der Waals surface area contributed by atoms with Crippen LogP contribution in [0.2, 0.25) is 5.02 Å². The van der Waals surface area contributed by atoms with Gasteiger partial charge in [0.1, 0.15) is 0 Å². The molecule has 2 rings (SSSR count). The summed E-state index contributed by atoms with van der Waals surface area (Å²) in [5.74, 6) is -1.08. The van der Waals surface area contributed by atoms with E-state index in [4.69, 9.17) is 11.6 Å². The van der Waals surface area contributed by atoms with Gasteiger partial charge in [-0.15, -0.1) is 0 Å². The van der Waals surface area contributed by atoms with E-state index in [1.807, 2.05) is 0 Å². The lowest BCUT2D eigenvalue weighted by molar-refractivity contribution is -0.141. The Labute approximate surface area is 165 Å². The van der Waals surface area contributed by atoms with Crippen LogP contribution in [-0.4, -0.2) is 19.0 Å². The van der Waals surface area contributed by atoms with Gasteiger partial charge in [-0.1, -0.05) is 48.0 Å². The van der Waals surface area contributed by atoms with Gasteiger partial charge in [0, 0.05) is 6.08 Å². The Morgan fingerprint density at radius 2 is 1.86 bits per heavy atom.